The molecule has 1 aromatic heterocycles. The molecule has 0 aliphatic carbocycles. The van der Waals surface area contributed by atoms with Crippen molar-refractivity contribution in [3.8, 4) is 0 Å². The van der Waals surface area contributed by atoms with Crippen molar-refractivity contribution in [2.45, 2.75) is 27.2 Å². The Kier molecular flexibility index (Phi) is 7.35. The average Bonchev–Trinajstić information content (AvgIpc) is 2.56. The summed E-state index contributed by atoms with van der Waals surface area (Å²) in [4.78, 5) is 2.74. The second kappa shape index (κ2) is 8.25. The molecule has 2 nitrogen and oxygen atoms in total. The maximum absolute atomic E-state index is 5.60. The van der Waals surface area contributed by atoms with Gasteiger partial charge in [-0.05, 0) is 41.4 Å². The molecule has 0 radical (unpaired) electrons. The van der Waals surface area contributed by atoms with Crippen LogP contribution in [0.5, 0.6) is 0 Å². The van der Waals surface area contributed by atoms with Gasteiger partial charge in [-0.15, -0.1) is 11.3 Å². The van der Waals surface area contributed by atoms with Crippen molar-refractivity contribution in [2.24, 2.45) is 5.92 Å². The monoisotopic (exact) mass is 319 g/mol. The minimum atomic E-state index is 0.710. The van der Waals surface area contributed by atoms with Gasteiger partial charge in [-0.2, -0.15) is 0 Å². The Labute approximate surface area is 117 Å². The van der Waals surface area contributed by atoms with Gasteiger partial charge < -0.3 is 10.1 Å². The minimum absolute atomic E-state index is 0.710. The number of nitrogens with one attached hydrogen (secondary N) is 1. The van der Waals surface area contributed by atoms with Crippen molar-refractivity contribution in [3.63, 3.8) is 0 Å². The molecular weight excluding hydrogens is 298 g/mol. The van der Waals surface area contributed by atoms with Crippen LogP contribution in [0.15, 0.2) is 10.5 Å². The summed E-state index contributed by atoms with van der Waals surface area (Å²) in [5, 5.41) is 3.37. The molecule has 0 amide bonds. The lowest BCUT2D eigenvalue weighted by Crippen LogP contribution is -2.24. The largest absolute Gasteiger partial charge is 0.380 e. The van der Waals surface area contributed by atoms with Crippen molar-refractivity contribution in [1.82, 2.24) is 5.32 Å². The highest BCUT2D eigenvalue weighted by atomic mass is 79.9. The predicted octanol–water partition coefficient (Wildman–Crippen LogP) is 3.62. The topological polar surface area (TPSA) is 21.3 Å². The Morgan fingerprint density at radius 1 is 1.41 bits per heavy atom. The maximum atomic E-state index is 5.60. The molecule has 0 spiro atoms. The van der Waals surface area contributed by atoms with Crippen LogP contribution in [0.25, 0.3) is 0 Å². The van der Waals surface area contributed by atoms with Crippen molar-refractivity contribution >= 4 is 27.3 Å². The fourth-order valence-electron chi connectivity index (χ4n) is 1.45. The van der Waals surface area contributed by atoms with E-state index in [1.54, 1.807) is 0 Å². The highest BCUT2D eigenvalue weighted by molar-refractivity contribution is 9.10. The maximum Gasteiger partial charge on any atom is 0.0591 e. The van der Waals surface area contributed by atoms with Crippen LogP contribution in [-0.4, -0.2) is 26.3 Å². The lowest BCUT2D eigenvalue weighted by atomic mass is 10.2. The third-order valence-corrected chi connectivity index (χ3v) is 4.57. The number of ether oxygens (including phenoxy) is 1. The average molecular weight is 320 g/mol. The lowest BCUT2D eigenvalue weighted by Gasteiger charge is -2.07. The van der Waals surface area contributed by atoms with Gasteiger partial charge in [-0.3, -0.25) is 0 Å². The SMILES string of the molecule is Cc1sc(CCOCCNCC(C)C)cc1Br. The van der Waals surface area contributed by atoms with Gasteiger partial charge in [0, 0.05) is 27.2 Å². The molecule has 0 fully saturated rings. The van der Waals surface area contributed by atoms with Gasteiger partial charge in [0.05, 0.1) is 13.2 Å². The Morgan fingerprint density at radius 2 is 2.18 bits per heavy atom. The van der Waals surface area contributed by atoms with E-state index in [9.17, 15) is 0 Å². The molecule has 0 bridgehead atoms. The Balaban J connectivity index is 2.01. The van der Waals surface area contributed by atoms with E-state index in [2.05, 4.69) is 48.1 Å². The molecule has 0 aromatic carbocycles. The van der Waals surface area contributed by atoms with Gasteiger partial charge in [0.25, 0.3) is 0 Å². The first-order valence-corrected chi connectivity index (χ1v) is 7.74. The third-order valence-electron chi connectivity index (χ3n) is 2.38. The van der Waals surface area contributed by atoms with Crippen LogP contribution in [0.2, 0.25) is 0 Å². The summed E-state index contributed by atoms with van der Waals surface area (Å²) in [6.45, 7) is 10.2. The fourth-order valence-corrected chi connectivity index (χ4v) is 3.03. The summed E-state index contributed by atoms with van der Waals surface area (Å²) < 4.78 is 6.82. The standard InChI is InChI=1S/C13H22BrNOS/c1-10(2)9-15-5-7-16-6-4-12-8-13(14)11(3)17-12/h8,10,15H,4-7,9H2,1-3H3. The first-order valence-electron chi connectivity index (χ1n) is 6.13. The van der Waals surface area contributed by atoms with E-state index in [1.165, 1.54) is 14.2 Å². The van der Waals surface area contributed by atoms with Crippen LogP contribution >= 0.6 is 27.3 Å². The van der Waals surface area contributed by atoms with E-state index >= 15 is 0 Å². The van der Waals surface area contributed by atoms with Crippen molar-refractivity contribution in [1.29, 1.82) is 0 Å². The summed E-state index contributed by atoms with van der Waals surface area (Å²) in [6.07, 6.45) is 1.02. The zero-order valence-corrected chi connectivity index (χ0v) is 13.3. The van der Waals surface area contributed by atoms with Crippen LogP contribution in [-0.2, 0) is 11.2 Å². The molecule has 0 aliphatic rings. The molecule has 0 saturated carbocycles. The van der Waals surface area contributed by atoms with Gasteiger partial charge in [0.2, 0.25) is 0 Å². The zero-order valence-electron chi connectivity index (χ0n) is 10.9. The minimum Gasteiger partial charge on any atom is -0.380 e. The number of hydrogen-bond donors (Lipinski definition) is 1. The molecule has 98 valence electrons. The molecule has 1 rings (SSSR count). The summed E-state index contributed by atoms with van der Waals surface area (Å²) in [5.41, 5.74) is 0. The summed E-state index contributed by atoms with van der Waals surface area (Å²) >= 11 is 5.38. The molecule has 0 saturated heterocycles. The van der Waals surface area contributed by atoms with E-state index in [-0.39, 0.29) is 0 Å². The van der Waals surface area contributed by atoms with E-state index in [0.717, 1.165) is 32.7 Å². The van der Waals surface area contributed by atoms with Gasteiger partial charge in [-0.25, -0.2) is 0 Å². The van der Waals surface area contributed by atoms with Crippen LogP contribution in [0, 0.1) is 12.8 Å². The second-order valence-corrected chi connectivity index (χ2v) is 6.77. The normalized spacial score (nSPS) is 11.4. The molecule has 0 aliphatic heterocycles. The molecule has 1 aromatic rings. The number of thiophene rings is 1. The quantitative estimate of drug-likeness (QED) is 0.739. The van der Waals surface area contributed by atoms with Crippen molar-refractivity contribution in [3.05, 3.63) is 20.3 Å². The van der Waals surface area contributed by atoms with Gasteiger partial charge >= 0.3 is 0 Å². The van der Waals surface area contributed by atoms with E-state index in [4.69, 9.17) is 4.74 Å². The highest BCUT2D eigenvalue weighted by Gasteiger charge is 2.02. The predicted molar refractivity (Wildman–Crippen MR) is 79.0 cm³/mol. The lowest BCUT2D eigenvalue weighted by molar-refractivity contribution is 0.139. The van der Waals surface area contributed by atoms with E-state index in [1.807, 2.05) is 11.3 Å². The van der Waals surface area contributed by atoms with E-state index in [0.29, 0.717) is 5.92 Å². The van der Waals surface area contributed by atoms with Crippen LogP contribution in [0.1, 0.15) is 23.6 Å². The van der Waals surface area contributed by atoms with E-state index < -0.39 is 0 Å². The van der Waals surface area contributed by atoms with Gasteiger partial charge in [0.15, 0.2) is 0 Å². The van der Waals surface area contributed by atoms with Crippen LogP contribution < -0.4 is 5.32 Å². The molecule has 17 heavy (non-hydrogen) atoms. The summed E-state index contributed by atoms with van der Waals surface area (Å²) in [5.74, 6) is 0.710. The van der Waals surface area contributed by atoms with Gasteiger partial charge in [-0.1, -0.05) is 13.8 Å². The highest BCUT2D eigenvalue weighted by Crippen LogP contribution is 2.26. The second-order valence-electron chi connectivity index (χ2n) is 4.58. The Bertz CT molecular complexity index is 306. The molecule has 1 heterocycles. The number of hydrogen-bond acceptors (Lipinski definition) is 3. The smallest absolute Gasteiger partial charge is 0.0591 e. The summed E-state index contributed by atoms with van der Waals surface area (Å²) in [6, 6.07) is 2.19. The molecule has 4 heteroatoms. The molecule has 1 N–H and O–H groups in total. The number of rotatable bonds is 8. The first-order chi connectivity index (χ1) is 8.09. The number of halogens is 1. The summed E-state index contributed by atoms with van der Waals surface area (Å²) in [7, 11) is 0. The van der Waals surface area contributed by atoms with Crippen molar-refractivity contribution < 1.29 is 4.74 Å². The van der Waals surface area contributed by atoms with Crippen LogP contribution in [0.4, 0.5) is 0 Å². The Hall–Kier alpha value is 0.100. The molecule has 0 atom stereocenters. The van der Waals surface area contributed by atoms with Crippen LogP contribution in [0.3, 0.4) is 0 Å². The van der Waals surface area contributed by atoms with Crippen molar-refractivity contribution in [2.75, 3.05) is 26.3 Å². The third kappa shape index (κ3) is 6.55. The number of aryl methyl sites for hydroxylation is 1. The molecule has 0 unspecified atom stereocenters. The Morgan fingerprint density at radius 3 is 2.76 bits per heavy atom. The fraction of sp³-hybridized carbons (Fsp3) is 0.692. The first kappa shape index (κ1) is 15.2. The van der Waals surface area contributed by atoms with Gasteiger partial charge in [0.1, 0.15) is 0 Å². The zero-order chi connectivity index (χ0) is 12.7. The molecular formula is C13H22BrNOS.